The Morgan fingerprint density at radius 3 is 2.65 bits per heavy atom. The lowest BCUT2D eigenvalue weighted by molar-refractivity contribution is 0.102. The molecule has 3 heterocycles. The molecule has 5 rings (SSSR count). The van der Waals surface area contributed by atoms with E-state index < -0.39 is 23.4 Å². The number of carbonyl (C=O) groups excluding carboxylic acids is 2. The largest absolute Gasteiger partial charge is 0.353 e. The third-order valence-corrected chi connectivity index (χ3v) is 6.92. The van der Waals surface area contributed by atoms with Crippen molar-refractivity contribution in [2.75, 3.05) is 42.7 Å². The van der Waals surface area contributed by atoms with Gasteiger partial charge in [0.15, 0.2) is 10.9 Å². The van der Waals surface area contributed by atoms with Crippen molar-refractivity contribution in [3.63, 3.8) is 0 Å². The minimum absolute atomic E-state index is 0.0169. The Morgan fingerprint density at radius 2 is 1.95 bits per heavy atom. The number of rotatable bonds is 8. The van der Waals surface area contributed by atoms with Crippen molar-refractivity contribution >= 4 is 45.9 Å². The van der Waals surface area contributed by atoms with Crippen LogP contribution in [0.3, 0.4) is 0 Å². The molecule has 0 aliphatic carbocycles. The predicted molar refractivity (Wildman–Crippen MR) is 150 cm³/mol. The molecule has 2 aromatic carbocycles. The Kier molecular flexibility index (Phi) is 7.67. The maximum atomic E-state index is 14.9. The molecule has 4 aromatic rings. The Morgan fingerprint density at radius 1 is 1.18 bits per heavy atom. The molecular weight excluding hydrogens is 538 g/mol. The fourth-order valence-electron chi connectivity index (χ4n) is 4.24. The minimum Gasteiger partial charge on any atom is -0.353 e. The van der Waals surface area contributed by atoms with Crippen LogP contribution in [0.15, 0.2) is 48.0 Å². The van der Waals surface area contributed by atoms with Gasteiger partial charge in [0, 0.05) is 41.4 Å². The Hall–Kier alpha value is -4.49. The van der Waals surface area contributed by atoms with Crippen LogP contribution in [0.25, 0.3) is 11.3 Å². The van der Waals surface area contributed by atoms with E-state index in [1.165, 1.54) is 17.4 Å². The molecular formula is C27H26F2N8O2S. The Balaban J connectivity index is 1.65. The number of thiazole rings is 1. The summed E-state index contributed by atoms with van der Waals surface area (Å²) in [6, 6.07) is 7.81. The third kappa shape index (κ3) is 5.46. The first-order valence-corrected chi connectivity index (χ1v) is 13.2. The van der Waals surface area contributed by atoms with Crippen LogP contribution >= 0.6 is 11.3 Å². The fraction of sp³-hybridized carbons (Fsp3) is 0.222. The first kappa shape index (κ1) is 27.1. The van der Waals surface area contributed by atoms with Gasteiger partial charge in [-0.2, -0.15) is 4.98 Å². The number of likely N-dealkylation sites (N-methyl/N-ethyl adjacent to an activating group) is 1. The van der Waals surface area contributed by atoms with Crippen molar-refractivity contribution in [3.05, 3.63) is 76.3 Å². The highest BCUT2D eigenvalue weighted by Crippen LogP contribution is 2.39. The highest BCUT2D eigenvalue weighted by atomic mass is 32.1. The normalized spacial score (nSPS) is 12.8. The molecule has 13 heteroatoms. The second-order valence-corrected chi connectivity index (χ2v) is 10.2. The number of aryl methyl sites for hydroxylation is 1. The average molecular weight is 565 g/mol. The zero-order valence-corrected chi connectivity index (χ0v) is 22.8. The maximum absolute atomic E-state index is 14.9. The van der Waals surface area contributed by atoms with Crippen molar-refractivity contribution in [2.24, 2.45) is 0 Å². The van der Waals surface area contributed by atoms with E-state index in [4.69, 9.17) is 4.98 Å². The van der Waals surface area contributed by atoms with Gasteiger partial charge in [-0.1, -0.05) is 12.1 Å². The molecule has 0 unspecified atom stereocenters. The molecule has 0 saturated heterocycles. The van der Waals surface area contributed by atoms with E-state index in [0.717, 1.165) is 22.6 Å². The van der Waals surface area contributed by atoms with Crippen LogP contribution in [-0.4, -0.2) is 59.0 Å². The van der Waals surface area contributed by atoms with Gasteiger partial charge in [0.2, 0.25) is 5.95 Å². The van der Waals surface area contributed by atoms with Gasteiger partial charge >= 0.3 is 6.03 Å². The highest BCUT2D eigenvalue weighted by molar-refractivity contribution is 7.13. The lowest BCUT2D eigenvalue weighted by atomic mass is 9.97. The van der Waals surface area contributed by atoms with Crippen LogP contribution < -0.4 is 20.9 Å². The quantitative estimate of drug-likeness (QED) is 0.282. The molecule has 0 saturated carbocycles. The van der Waals surface area contributed by atoms with Crippen molar-refractivity contribution in [1.82, 2.24) is 25.2 Å². The lowest BCUT2D eigenvalue weighted by Crippen LogP contribution is -2.43. The number of benzene rings is 2. The van der Waals surface area contributed by atoms with Crippen LogP contribution in [0.1, 0.15) is 21.5 Å². The van der Waals surface area contributed by atoms with Crippen LogP contribution in [0, 0.1) is 18.6 Å². The average Bonchev–Trinajstić information content (AvgIpc) is 3.42. The lowest BCUT2D eigenvalue weighted by Gasteiger charge is -2.31. The summed E-state index contributed by atoms with van der Waals surface area (Å²) in [5.74, 6) is -1.97. The molecule has 0 spiro atoms. The van der Waals surface area contributed by atoms with Gasteiger partial charge in [-0.15, -0.1) is 11.3 Å². The van der Waals surface area contributed by atoms with Gasteiger partial charge < -0.3 is 15.5 Å². The summed E-state index contributed by atoms with van der Waals surface area (Å²) in [6.45, 7) is 3.01. The van der Waals surface area contributed by atoms with Crippen LogP contribution in [0.2, 0.25) is 0 Å². The molecule has 2 aromatic heterocycles. The molecule has 206 valence electrons. The number of amides is 3. The maximum Gasteiger partial charge on any atom is 0.328 e. The number of carbonyl (C=O) groups is 2. The number of halogens is 2. The second kappa shape index (κ2) is 11.3. The fourth-order valence-corrected chi connectivity index (χ4v) is 4.76. The summed E-state index contributed by atoms with van der Waals surface area (Å²) in [6.07, 6.45) is 1.59. The zero-order valence-electron chi connectivity index (χ0n) is 22.0. The van der Waals surface area contributed by atoms with E-state index in [1.54, 1.807) is 29.8 Å². The summed E-state index contributed by atoms with van der Waals surface area (Å²) in [5, 5.41) is 10.8. The molecule has 3 amide bonds. The van der Waals surface area contributed by atoms with Crippen molar-refractivity contribution < 1.29 is 18.4 Å². The van der Waals surface area contributed by atoms with Gasteiger partial charge in [0.25, 0.3) is 5.91 Å². The summed E-state index contributed by atoms with van der Waals surface area (Å²) in [5.41, 5.74) is 2.08. The Labute approximate surface area is 233 Å². The minimum atomic E-state index is -0.915. The standard InChI is InChI=1S/C27H26F2N8O2S/c1-15-7-8-16(24(38)35-26-31-10-12-40-26)13-17(15)21-18-14-32-27(39)37(22-19(28)5-4-6-20(22)29)23(18)34-25(33-21)30-9-11-36(2)3/h4-8,10,12-13H,9,11,14H2,1-3H3,(H,32,39)(H,30,33,34)(H,31,35,38). The molecule has 0 fully saturated rings. The molecule has 10 nitrogen and oxygen atoms in total. The van der Waals surface area contributed by atoms with E-state index >= 15 is 0 Å². The van der Waals surface area contributed by atoms with Gasteiger partial charge in [0.05, 0.1) is 12.2 Å². The number of anilines is 4. The van der Waals surface area contributed by atoms with Crippen molar-refractivity contribution in [3.8, 4) is 11.3 Å². The van der Waals surface area contributed by atoms with Gasteiger partial charge in [-0.25, -0.2) is 28.4 Å². The number of hydrogen-bond donors (Lipinski definition) is 3. The van der Waals surface area contributed by atoms with Crippen LogP contribution in [0.4, 0.5) is 36.2 Å². The topological polar surface area (TPSA) is 115 Å². The summed E-state index contributed by atoms with van der Waals surface area (Å²) in [7, 11) is 3.83. The zero-order chi connectivity index (χ0) is 28.4. The molecule has 1 aliphatic rings. The molecule has 1 aliphatic heterocycles. The highest BCUT2D eigenvalue weighted by Gasteiger charge is 2.34. The van der Waals surface area contributed by atoms with E-state index in [2.05, 4.69) is 25.9 Å². The summed E-state index contributed by atoms with van der Waals surface area (Å²) in [4.78, 5) is 42.2. The first-order valence-electron chi connectivity index (χ1n) is 12.4. The molecule has 3 N–H and O–H groups in total. The number of urea groups is 1. The number of fused-ring (bicyclic) bond motifs is 1. The third-order valence-electron chi connectivity index (χ3n) is 6.23. The van der Waals surface area contributed by atoms with Gasteiger partial charge in [0.1, 0.15) is 17.3 Å². The number of nitrogens with zero attached hydrogens (tertiary/aromatic N) is 5. The Bertz CT molecular complexity index is 1560. The van der Waals surface area contributed by atoms with E-state index in [1.807, 2.05) is 25.9 Å². The van der Waals surface area contributed by atoms with Gasteiger partial charge in [-0.3, -0.25) is 10.1 Å². The second-order valence-electron chi connectivity index (χ2n) is 9.31. The number of hydrogen-bond acceptors (Lipinski definition) is 8. The van der Waals surface area contributed by atoms with Gasteiger partial charge in [-0.05, 0) is 50.8 Å². The predicted octanol–water partition coefficient (Wildman–Crippen LogP) is 4.77. The molecule has 0 atom stereocenters. The van der Waals surface area contributed by atoms with Crippen LogP contribution in [-0.2, 0) is 6.54 Å². The van der Waals surface area contributed by atoms with E-state index in [0.29, 0.717) is 40.6 Å². The number of aromatic nitrogens is 3. The van der Waals surface area contributed by atoms with E-state index in [-0.39, 0.29) is 24.2 Å². The number of nitrogens with one attached hydrogen (secondary N) is 3. The summed E-state index contributed by atoms with van der Waals surface area (Å²) >= 11 is 1.30. The molecule has 0 bridgehead atoms. The smallest absolute Gasteiger partial charge is 0.328 e. The molecule has 40 heavy (non-hydrogen) atoms. The number of para-hydroxylation sites is 1. The van der Waals surface area contributed by atoms with Crippen LogP contribution in [0.5, 0.6) is 0 Å². The van der Waals surface area contributed by atoms with E-state index in [9.17, 15) is 18.4 Å². The SMILES string of the molecule is Cc1ccc(C(=O)Nc2nccs2)cc1-c1nc(NCCN(C)C)nc2c1CNC(=O)N2c1c(F)cccc1F. The summed E-state index contributed by atoms with van der Waals surface area (Å²) < 4.78 is 29.8. The monoisotopic (exact) mass is 564 g/mol. The first-order chi connectivity index (χ1) is 19.2. The molecule has 0 radical (unpaired) electrons. The van der Waals surface area contributed by atoms with Crippen molar-refractivity contribution in [2.45, 2.75) is 13.5 Å². The van der Waals surface area contributed by atoms with Crippen molar-refractivity contribution in [1.29, 1.82) is 0 Å².